The summed E-state index contributed by atoms with van der Waals surface area (Å²) in [4.78, 5) is 2.33. The van der Waals surface area contributed by atoms with Crippen LogP contribution in [0, 0.1) is 6.92 Å². The lowest BCUT2D eigenvalue weighted by Gasteiger charge is -2.06. The highest BCUT2D eigenvalue weighted by atomic mass is 79.9. The van der Waals surface area contributed by atoms with Gasteiger partial charge in [0.15, 0.2) is 4.67 Å². The number of thiophene rings is 1. The maximum absolute atomic E-state index is 6.11. The second-order valence-corrected chi connectivity index (χ2v) is 6.11. The van der Waals surface area contributed by atoms with Crippen LogP contribution in [-0.4, -0.2) is 0 Å². The van der Waals surface area contributed by atoms with E-state index < -0.39 is 0 Å². The van der Waals surface area contributed by atoms with Crippen molar-refractivity contribution in [3.05, 3.63) is 42.9 Å². The zero-order valence-corrected chi connectivity index (χ0v) is 11.9. The van der Waals surface area contributed by atoms with Crippen LogP contribution in [0.5, 0.6) is 0 Å². The van der Waals surface area contributed by atoms with Crippen LogP contribution in [-0.2, 0) is 0 Å². The Balaban J connectivity index is 2.35. The predicted molar refractivity (Wildman–Crippen MR) is 69.2 cm³/mol. The summed E-state index contributed by atoms with van der Waals surface area (Å²) < 4.78 is 7.19. The Morgan fingerprint density at radius 3 is 2.60 bits per heavy atom. The summed E-state index contributed by atoms with van der Waals surface area (Å²) in [7, 11) is 0. The fourth-order valence-corrected chi connectivity index (χ4v) is 3.56. The molecule has 0 saturated carbocycles. The van der Waals surface area contributed by atoms with Crippen molar-refractivity contribution in [1.82, 2.24) is 0 Å². The van der Waals surface area contributed by atoms with Gasteiger partial charge in [-0.1, -0.05) is 0 Å². The van der Waals surface area contributed by atoms with Crippen LogP contribution in [0.2, 0.25) is 0 Å². The van der Waals surface area contributed by atoms with E-state index in [1.54, 1.807) is 11.3 Å². The van der Waals surface area contributed by atoms with E-state index in [-0.39, 0.29) is 6.04 Å². The van der Waals surface area contributed by atoms with Crippen LogP contribution in [0.3, 0.4) is 0 Å². The summed E-state index contributed by atoms with van der Waals surface area (Å²) in [6, 6.07) is 5.60. The minimum absolute atomic E-state index is 0.204. The van der Waals surface area contributed by atoms with Gasteiger partial charge in [-0.2, -0.15) is 0 Å². The molecule has 1 unspecified atom stereocenters. The Kier molecular flexibility index (Phi) is 3.35. The number of furan rings is 1. The van der Waals surface area contributed by atoms with Gasteiger partial charge in [-0.25, -0.2) is 0 Å². The van der Waals surface area contributed by atoms with Gasteiger partial charge < -0.3 is 10.2 Å². The molecule has 0 saturated heterocycles. The van der Waals surface area contributed by atoms with E-state index in [2.05, 4.69) is 44.8 Å². The van der Waals surface area contributed by atoms with Crippen molar-refractivity contribution in [2.24, 2.45) is 5.73 Å². The first kappa shape index (κ1) is 11.4. The smallest absolute Gasteiger partial charge is 0.169 e. The van der Waals surface area contributed by atoms with Crippen molar-refractivity contribution in [2.75, 3.05) is 0 Å². The molecule has 2 aromatic rings. The summed E-state index contributed by atoms with van der Waals surface area (Å²) in [6.45, 7) is 2.06. The number of hydrogen-bond acceptors (Lipinski definition) is 3. The first-order valence-corrected chi connectivity index (χ1v) is 6.75. The maximum atomic E-state index is 6.11. The molecule has 0 aliphatic heterocycles. The average molecular weight is 351 g/mol. The van der Waals surface area contributed by atoms with Gasteiger partial charge in [0, 0.05) is 14.2 Å². The fourth-order valence-electron chi connectivity index (χ4n) is 1.34. The summed E-state index contributed by atoms with van der Waals surface area (Å²) in [5.41, 5.74) is 6.11. The van der Waals surface area contributed by atoms with Crippen molar-refractivity contribution in [2.45, 2.75) is 13.0 Å². The first-order valence-electron chi connectivity index (χ1n) is 4.34. The molecule has 5 heteroatoms. The number of nitrogens with two attached hydrogens (primary N) is 1. The third-order valence-electron chi connectivity index (χ3n) is 2.02. The summed E-state index contributed by atoms with van der Waals surface area (Å²) in [5.74, 6) is 0.768. The Labute approximate surface area is 109 Å². The van der Waals surface area contributed by atoms with Crippen LogP contribution < -0.4 is 5.73 Å². The van der Waals surface area contributed by atoms with E-state index in [1.165, 1.54) is 4.88 Å². The molecular weight excluding hydrogens is 342 g/mol. The highest BCUT2D eigenvalue weighted by Gasteiger charge is 2.17. The molecule has 15 heavy (non-hydrogen) atoms. The Hall–Kier alpha value is -0.100. The number of halogens is 2. The molecule has 0 aliphatic carbocycles. The predicted octanol–water partition coefficient (Wildman–Crippen LogP) is 4.22. The molecule has 80 valence electrons. The van der Waals surface area contributed by atoms with Gasteiger partial charge in [0.25, 0.3) is 0 Å². The highest BCUT2D eigenvalue weighted by molar-refractivity contribution is 9.10. The summed E-state index contributed by atoms with van der Waals surface area (Å²) >= 11 is 8.44. The first-order chi connectivity index (χ1) is 7.08. The van der Waals surface area contributed by atoms with E-state index in [1.807, 2.05) is 12.1 Å². The van der Waals surface area contributed by atoms with Gasteiger partial charge in [-0.15, -0.1) is 11.3 Å². The molecule has 0 aromatic carbocycles. The number of aryl methyl sites for hydroxylation is 1. The van der Waals surface area contributed by atoms with E-state index in [9.17, 15) is 0 Å². The monoisotopic (exact) mass is 349 g/mol. The van der Waals surface area contributed by atoms with Crippen LogP contribution in [0.25, 0.3) is 0 Å². The number of hydrogen-bond donors (Lipinski definition) is 1. The topological polar surface area (TPSA) is 39.2 Å². The molecule has 0 radical (unpaired) electrons. The zero-order chi connectivity index (χ0) is 11.0. The molecular formula is C10H9Br2NOS. The van der Waals surface area contributed by atoms with Crippen LogP contribution >= 0.6 is 43.2 Å². The Bertz CT molecular complexity index is 477. The van der Waals surface area contributed by atoms with Gasteiger partial charge in [0.1, 0.15) is 5.76 Å². The molecule has 0 aliphatic rings. The molecule has 0 bridgehead atoms. The van der Waals surface area contributed by atoms with Crippen LogP contribution in [0.1, 0.15) is 21.6 Å². The third kappa shape index (κ3) is 2.36. The quantitative estimate of drug-likeness (QED) is 0.880. The molecule has 2 nitrogen and oxygen atoms in total. The largest absolute Gasteiger partial charge is 0.452 e. The van der Waals surface area contributed by atoms with E-state index >= 15 is 0 Å². The lowest BCUT2D eigenvalue weighted by atomic mass is 10.2. The molecule has 0 fully saturated rings. The standard InChI is InChI=1S/C10H9Br2NOS/c1-5-4-6(11)10(15-5)9(13)7-2-3-8(12)14-7/h2-4,9H,13H2,1H3. The lowest BCUT2D eigenvalue weighted by molar-refractivity contribution is 0.472. The van der Waals surface area contributed by atoms with E-state index in [0.717, 1.165) is 15.1 Å². The minimum Gasteiger partial charge on any atom is -0.452 e. The molecule has 0 spiro atoms. The second kappa shape index (κ2) is 4.41. The molecule has 2 rings (SSSR count). The van der Waals surface area contributed by atoms with E-state index in [4.69, 9.17) is 10.2 Å². The minimum atomic E-state index is -0.204. The number of rotatable bonds is 2. The van der Waals surface area contributed by atoms with Gasteiger partial charge >= 0.3 is 0 Å². The highest BCUT2D eigenvalue weighted by Crippen LogP contribution is 2.35. The van der Waals surface area contributed by atoms with Gasteiger partial charge in [0.05, 0.1) is 6.04 Å². The molecule has 1 atom stereocenters. The van der Waals surface area contributed by atoms with Crippen LogP contribution in [0.15, 0.2) is 31.8 Å². The average Bonchev–Trinajstić information content (AvgIpc) is 2.71. The molecule has 2 aromatic heterocycles. The fraction of sp³-hybridized carbons (Fsp3) is 0.200. The second-order valence-electron chi connectivity index (χ2n) is 3.19. The lowest BCUT2D eigenvalue weighted by Crippen LogP contribution is -2.09. The Morgan fingerprint density at radius 1 is 1.40 bits per heavy atom. The summed E-state index contributed by atoms with van der Waals surface area (Å²) in [5, 5.41) is 0. The summed E-state index contributed by atoms with van der Waals surface area (Å²) in [6.07, 6.45) is 0. The molecule has 2 heterocycles. The van der Waals surface area contributed by atoms with Gasteiger partial charge in [0.2, 0.25) is 0 Å². The van der Waals surface area contributed by atoms with Crippen molar-refractivity contribution < 1.29 is 4.42 Å². The Morgan fingerprint density at radius 2 is 2.13 bits per heavy atom. The van der Waals surface area contributed by atoms with Gasteiger partial charge in [-0.05, 0) is 57.0 Å². The third-order valence-corrected chi connectivity index (χ3v) is 4.50. The van der Waals surface area contributed by atoms with Gasteiger partial charge in [-0.3, -0.25) is 0 Å². The van der Waals surface area contributed by atoms with Crippen molar-refractivity contribution >= 4 is 43.2 Å². The molecule has 0 amide bonds. The molecule has 2 N–H and O–H groups in total. The van der Waals surface area contributed by atoms with Crippen molar-refractivity contribution in [3.63, 3.8) is 0 Å². The maximum Gasteiger partial charge on any atom is 0.169 e. The SMILES string of the molecule is Cc1cc(Br)c(C(N)c2ccc(Br)o2)s1. The van der Waals surface area contributed by atoms with Crippen LogP contribution in [0.4, 0.5) is 0 Å². The van der Waals surface area contributed by atoms with Crippen molar-refractivity contribution in [3.8, 4) is 0 Å². The zero-order valence-electron chi connectivity index (χ0n) is 7.96. The normalized spacial score (nSPS) is 13.1. The van der Waals surface area contributed by atoms with Crippen molar-refractivity contribution in [1.29, 1.82) is 0 Å². The van der Waals surface area contributed by atoms with E-state index in [0.29, 0.717) is 4.67 Å².